The van der Waals surface area contributed by atoms with E-state index in [1.54, 1.807) is 12.1 Å². The normalized spacial score (nSPS) is 18.9. The molecular formula is C15H18BrN5O2. The summed E-state index contributed by atoms with van der Waals surface area (Å²) in [4.78, 5) is 14.3. The average Bonchev–Trinajstić information content (AvgIpc) is 3.21. The lowest BCUT2D eigenvalue weighted by atomic mass is 9.95. The minimum Gasteiger partial charge on any atom is -0.444 e. The molecule has 1 fully saturated rings. The van der Waals surface area contributed by atoms with Crippen LogP contribution >= 0.6 is 15.9 Å². The van der Waals surface area contributed by atoms with Crippen LogP contribution in [0.5, 0.6) is 0 Å². The van der Waals surface area contributed by atoms with Gasteiger partial charge in [-0.3, -0.25) is 4.79 Å². The van der Waals surface area contributed by atoms with Gasteiger partial charge in [-0.05, 0) is 40.9 Å². The van der Waals surface area contributed by atoms with Gasteiger partial charge >= 0.3 is 0 Å². The summed E-state index contributed by atoms with van der Waals surface area (Å²) in [5.74, 6) is 2.82. The molecule has 1 saturated heterocycles. The van der Waals surface area contributed by atoms with Crippen LogP contribution in [-0.4, -0.2) is 45.2 Å². The number of amides is 1. The molecule has 4 rings (SSSR count). The third kappa shape index (κ3) is 2.81. The maximum atomic E-state index is 12.4. The van der Waals surface area contributed by atoms with Gasteiger partial charge in [0.2, 0.25) is 0 Å². The number of halogens is 1. The summed E-state index contributed by atoms with van der Waals surface area (Å²) >= 11 is 3.23. The lowest BCUT2D eigenvalue weighted by molar-refractivity contribution is 0.0676. The van der Waals surface area contributed by atoms with Crippen LogP contribution in [0.4, 0.5) is 0 Å². The number of aromatic nitrogens is 3. The molecule has 0 atom stereocenters. The summed E-state index contributed by atoms with van der Waals surface area (Å²) in [6.07, 6.45) is 1.83. The number of fused-ring (bicyclic) bond motifs is 1. The number of hydrogen-bond acceptors (Lipinski definition) is 5. The summed E-state index contributed by atoms with van der Waals surface area (Å²) in [7, 11) is 0. The summed E-state index contributed by atoms with van der Waals surface area (Å²) < 4.78 is 8.19. The van der Waals surface area contributed by atoms with Crippen molar-refractivity contribution in [2.75, 3.05) is 19.6 Å². The van der Waals surface area contributed by atoms with E-state index in [2.05, 4.69) is 36.0 Å². The zero-order valence-electron chi connectivity index (χ0n) is 12.7. The van der Waals surface area contributed by atoms with Gasteiger partial charge in [0.05, 0.1) is 6.54 Å². The van der Waals surface area contributed by atoms with Crippen molar-refractivity contribution in [1.29, 1.82) is 0 Å². The Morgan fingerprint density at radius 1 is 1.26 bits per heavy atom. The molecule has 0 saturated carbocycles. The molecule has 122 valence electrons. The Labute approximate surface area is 142 Å². The van der Waals surface area contributed by atoms with Crippen molar-refractivity contribution in [3.05, 3.63) is 34.2 Å². The highest BCUT2D eigenvalue weighted by molar-refractivity contribution is 9.10. The number of nitrogens with one attached hydrogen (secondary N) is 1. The zero-order chi connectivity index (χ0) is 15.8. The molecule has 8 heteroatoms. The van der Waals surface area contributed by atoms with Crippen LogP contribution in [0.1, 0.15) is 41.0 Å². The number of hydrogen-bond donors (Lipinski definition) is 1. The summed E-state index contributed by atoms with van der Waals surface area (Å²) in [6, 6.07) is 3.46. The second-order valence-corrected chi connectivity index (χ2v) is 6.75. The molecule has 2 aromatic heterocycles. The van der Waals surface area contributed by atoms with Crippen molar-refractivity contribution in [2.45, 2.75) is 31.8 Å². The van der Waals surface area contributed by atoms with E-state index in [4.69, 9.17) is 4.42 Å². The molecule has 23 heavy (non-hydrogen) atoms. The SMILES string of the molecule is O=C(c1ccc(Br)o1)N1CCC(c2nnc3n2CCNC3)CC1. The van der Waals surface area contributed by atoms with Gasteiger partial charge in [0, 0.05) is 32.1 Å². The van der Waals surface area contributed by atoms with Crippen LogP contribution in [0, 0.1) is 0 Å². The third-order valence-electron chi connectivity index (χ3n) is 4.58. The molecule has 0 radical (unpaired) electrons. The third-order valence-corrected chi connectivity index (χ3v) is 5.01. The van der Waals surface area contributed by atoms with E-state index in [0.29, 0.717) is 16.3 Å². The predicted octanol–water partition coefficient (Wildman–Crippen LogP) is 1.76. The molecule has 2 aliphatic heterocycles. The fourth-order valence-corrected chi connectivity index (χ4v) is 3.65. The largest absolute Gasteiger partial charge is 0.444 e. The molecule has 0 bridgehead atoms. The smallest absolute Gasteiger partial charge is 0.289 e. The summed E-state index contributed by atoms with van der Waals surface area (Å²) in [5, 5.41) is 12.0. The molecule has 2 aromatic rings. The Balaban J connectivity index is 1.43. The van der Waals surface area contributed by atoms with Crippen LogP contribution in [0.3, 0.4) is 0 Å². The standard InChI is InChI=1S/C15H18BrN5O2/c16-12-2-1-11(23-12)15(22)20-6-3-10(4-7-20)14-19-18-13-9-17-5-8-21(13)14/h1-2,10,17H,3-9H2. The van der Waals surface area contributed by atoms with Crippen molar-refractivity contribution >= 4 is 21.8 Å². The van der Waals surface area contributed by atoms with Gasteiger partial charge in [0.15, 0.2) is 10.4 Å². The number of furan rings is 1. The highest BCUT2D eigenvalue weighted by atomic mass is 79.9. The quantitative estimate of drug-likeness (QED) is 0.859. The van der Waals surface area contributed by atoms with Crippen molar-refractivity contribution in [1.82, 2.24) is 25.0 Å². The molecule has 7 nitrogen and oxygen atoms in total. The fourth-order valence-electron chi connectivity index (χ4n) is 3.34. The molecule has 4 heterocycles. The van der Waals surface area contributed by atoms with E-state index in [9.17, 15) is 4.79 Å². The molecule has 0 unspecified atom stereocenters. The first-order valence-electron chi connectivity index (χ1n) is 7.89. The van der Waals surface area contributed by atoms with Gasteiger partial charge in [0.1, 0.15) is 11.6 Å². The van der Waals surface area contributed by atoms with Crippen LogP contribution in [0.25, 0.3) is 0 Å². The van der Waals surface area contributed by atoms with Crippen molar-refractivity contribution < 1.29 is 9.21 Å². The second kappa shape index (κ2) is 6.09. The predicted molar refractivity (Wildman–Crippen MR) is 86.0 cm³/mol. The van der Waals surface area contributed by atoms with E-state index in [-0.39, 0.29) is 5.91 Å². The molecule has 0 spiro atoms. The first kappa shape index (κ1) is 14.9. The number of piperidine rings is 1. The Kier molecular flexibility index (Phi) is 3.94. The lowest BCUT2D eigenvalue weighted by Gasteiger charge is -2.31. The Bertz CT molecular complexity index is 717. The number of rotatable bonds is 2. The fraction of sp³-hybridized carbons (Fsp3) is 0.533. The Morgan fingerprint density at radius 2 is 2.09 bits per heavy atom. The molecule has 1 amide bonds. The number of likely N-dealkylation sites (tertiary alicyclic amines) is 1. The summed E-state index contributed by atoms with van der Waals surface area (Å²) in [5.41, 5.74) is 0. The van der Waals surface area contributed by atoms with Crippen molar-refractivity contribution in [3.63, 3.8) is 0 Å². The minimum absolute atomic E-state index is 0.0402. The van der Waals surface area contributed by atoms with Gasteiger partial charge in [-0.1, -0.05) is 0 Å². The molecule has 0 aromatic carbocycles. The average molecular weight is 380 g/mol. The highest BCUT2D eigenvalue weighted by Crippen LogP contribution is 2.29. The number of nitrogens with zero attached hydrogens (tertiary/aromatic N) is 4. The van der Waals surface area contributed by atoms with E-state index >= 15 is 0 Å². The van der Waals surface area contributed by atoms with Crippen molar-refractivity contribution in [3.8, 4) is 0 Å². The van der Waals surface area contributed by atoms with Crippen molar-refractivity contribution in [2.24, 2.45) is 0 Å². The van der Waals surface area contributed by atoms with E-state index in [1.807, 2.05) is 4.90 Å². The van der Waals surface area contributed by atoms with Crippen LogP contribution in [0.2, 0.25) is 0 Å². The monoisotopic (exact) mass is 379 g/mol. The van der Waals surface area contributed by atoms with Gasteiger partial charge in [-0.25, -0.2) is 0 Å². The second-order valence-electron chi connectivity index (χ2n) is 5.97. The maximum Gasteiger partial charge on any atom is 0.289 e. The molecular weight excluding hydrogens is 362 g/mol. The van der Waals surface area contributed by atoms with Gasteiger partial charge in [-0.15, -0.1) is 10.2 Å². The number of carbonyl (C=O) groups is 1. The van der Waals surface area contributed by atoms with E-state index in [0.717, 1.165) is 57.2 Å². The first-order chi connectivity index (χ1) is 11.2. The number of carbonyl (C=O) groups excluding carboxylic acids is 1. The highest BCUT2D eigenvalue weighted by Gasteiger charge is 2.29. The minimum atomic E-state index is -0.0402. The molecule has 1 N–H and O–H groups in total. The topological polar surface area (TPSA) is 76.2 Å². The van der Waals surface area contributed by atoms with E-state index in [1.165, 1.54) is 0 Å². The molecule has 2 aliphatic rings. The molecule has 0 aliphatic carbocycles. The van der Waals surface area contributed by atoms with Gasteiger partial charge in [0.25, 0.3) is 5.91 Å². The Morgan fingerprint density at radius 3 is 2.83 bits per heavy atom. The Hall–Kier alpha value is -1.67. The van der Waals surface area contributed by atoms with Gasteiger partial charge in [-0.2, -0.15) is 0 Å². The van der Waals surface area contributed by atoms with Crippen LogP contribution in [0.15, 0.2) is 21.2 Å². The van der Waals surface area contributed by atoms with Gasteiger partial charge < -0.3 is 19.2 Å². The lowest BCUT2D eigenvalue weighted by Crippen LogP contribution is -2.38. The van der Waals surface area contributed by atoms with Crippen LogP contribution < -0.4 is 5.32 Å². The maximum absolute atomic E-state index is 12.4. The van der Waals surface area contributed by atoms with E-state index < -0.39 is 0 Å². The first-order valence-corrected chi connectivity index (χ1v) is 8.69. The van der Waals surface area contributed by atoms with Crippen LogP contribution in [-0.2, 0) is 13.1 Å². The zero-order valence-corrected chi connectivity index (χ0v) is 14.3. The summed E-state index contributed by atoms with van der Waals surface area (Å²) in [6.45, 7) is 4.13.